The summed E-state index contributed by atoms with van der Waals surface area (Å²) in [6.45, 7) is 0. The van der Waals surface area contributed by atoms with Gasteiger partial charge in [0.1, 0.15) is 0 Å². The molecule has 1 aromatic rings. The molecule has 2 rings (SSSR count). The average Bonchev–Trinajstić information content (AvgIpc) is 2.31. The third-order valence-electron chi connectivity index (χ3n) is 1.62. The lowest BCUT2D eigenvalue weighted by atomic mass is 10.2. The minimum absolute atomic E-state index is 0.243. The number of halogens is 1. The van der Waals surface area contributed by atoms with Crippen LogP contribution in [0.5, 0.6) is 0 Å². The van der Waals surface area contributed by atoms with Crippen LogP contribution in [0.4, 0.5) is 0 Å². The Morgan fingerprint density at radius 2 is 2.27 bits per heavy atom. The molecule has 11 heavy (non-hydrogen) atoms. The van der Waals surface area contributed by atoms with Crippen molar-refractivity contribution in [1.29, 1.82) is 0 Å². The highest BCUT2D eigenvalue weighted by atomic mass is 79.9. The molecule has 0 amide bonds. The Morgan fingerprint density at radius 3 is 3.00 bits per heavy atom. The maximum atomic E-state index is 11.0. The number of benzene rings is 1. The summed E-state index contributed by atoms with van der Waals surface area (Å²) in [6, 6.07) is 5.90. The quantitative estimate of drug-likeness (QED) is 0.680. The molecule has 0 unspecified atom stereocenters. The Balaban J connectivity index is 2.57. The first-order chi connectivity index (χ1) is 5.27. The van der Waals surface area contributed by atoms with Gasteiger partial charge in [-0.2, -0.15) is 0 Å². The van der Waals surface area contributed by atoms with Crippen LogP contribution in [0.3, 0.4) is 0 Å². The van der Waals surface area contributed by atoms with E-state index in [0.29, 0.717) is 6.42 Å². The summed E-state index contributed by atoms with van der Waals surface area (Å²) in [5.74, 6) is 0. The van der Waals surface area contributed by atoms with Gasteiger partial charge < -0.3 is 0 Å². The maximum absolute atomic E-state index is 11.0. The molecule has 0 aliphatic carbocycles. The zero-order valence-electron chi connectivity index (χ0n) is 5.63. The molecule has 0 radical (unpaired) electrons. The van der Waals surface area contributed by atoms with Crippen LogP contribution < -0.4 is 0 Å². The third-order valence-corrected chi connectivity index (χ3v) is 3.34. The van der Waals surface area contributed by atoms with Crippen molar-refractivity contribution in [2.24, 2.45) is 0 Å². The summed E-state index contributed by atoms with van der Waals surface area (Å²) in [7, 11) is 0. The summed E-state index contributed by atoms with van der Waals surface area (Å²) in [5, 5.41) is 0.243. The average molecular weight is 229 g/mol. The van der Waals surface area contributed by atoms with E-state index in [0.717, 1.165) is 14.9 Å². The van der Waals surface area contributed by atoms with Crippen LogP contribution in [0.25, 0.3) is 0 Å². The van der Waals surface area contributed by atoms with Crippen molar-refractivity contribution in [3.63, 3.8) is 0 Å². The molecular weight excluding hydrogens is 224 g/mol. The molecule has 56 valence electrons. The molecular formula is C8H5BrOS. The second-order valence-corrected chi connectivity index (χ2v) is 4.32. The Kier molecular flexibility index (Phi) is 1.77. The first kappa shape index (κ1) is 7.37. The lowest BCUT2D eigenvalue weighted by Gasteiger charge is -1.96. The van der Waals surface area contributed by atoms with Gasteiger partial charge in [-0.05, 0) is 17.7 Å². The summed E-state index contributed by atoms with van der Waals surface area (Å²) >= 11 is 4.75. The Hall–Kier alpha value is -0.280. The molecule has 1 heterocycles. The fourth-order valence-electron chi connectivity index (χ4n) is 1.11. The van der Waals surface area contributed by atoms with Crippen molar-refractivity contribution in [2.75, 3.05) is 0 Å². The number of carbonyl (C=O) groups is 1. The summed E-state index contributed by atoms with van der Waals surface area (Å²) < 4.78 is 1.05. The molecule has 1 aliphatic rings. The number of rotatable bonds is 0. The van der Waals surface area contributed by atoms with Crippen LogP contribution >= 0.6 is 27.7 Å². The van der Waals surface area contributed by atoms with Crippen molar-refractivity contribution in [1.82, 2.24) is 0 Å². The molecule has 1 aromatic carbocycles. The zero-order chi connectivity index (χ0) is 7.84. The van der Waals surface area contributed by atoms with E-state index in [4.69, 9.17) is 0 Å². The molecule has 0 fully saturated rings. The standard InChI is InChI=1S/C8H5BrOS/c9-6-2-1-3-7-5(6)4-8(10)11-7/h1-3H,4H2. The van der Waals surface area contributed by atoms with Crippen LogP contribution in [0.1, 0.15) is 5.56 Å². The van der Waals surface area contributed by atoms with Crippen molar-refractivity contribution in [3.05, 3.63) is 28.2 Å². The van der Waals surface area contributed by atoms with Crippen molar-refractivity contribution in [2.45, 2.75) is 11.3 Å². The van der Waals surface area contributed by atoms with E-state index in [1.54, 1.807) is 0 Å². The van der Waals surface area contributed by atoms with Crippen molar-refractivity contribution >= 4 is 32.8 Å². The van der Waals surface area contributed by atoms with Crippen molar-refractivity contribution < 1.29 is 4.79 Å². The number of fused-ring (bicyclic) bond motifs is 1. The van der Waals surface area contributed by atoms with Gasteiger partial charge in [0.15, 0.2) is 5.12 Å². The fraction of sp³-hybridized carbons (Fsp3) is 0.125. The minimum atomic E-state index is 0.243. The predicted octanol–water partition coefficient (Wildman–Crippen LogP) is 2.62. The summed E-state index contributed by atoms with van der Waals surface area (Å²) in [5.41, 5.74) is 1.14. The predicted molar refractivity (Wildman–Crippen MR) is 48.7 cm³/mol. The van der Waals surface area contributed by atoms with Gasteiger partial charge in [0.25, 0.3) is 0 Å². The number of carbonyl (C=O) groups excluding carboxylic acids is 1. The largest absolute Gasteiger partial charge is 0.286 e. The molecule has 0 saturated carbocycles. The minimum Gasteiger partial charge on any atom is -0.286 e. The van der Waals surface area contributed by atoms with Crippen molar-refractivity contribution in [3.8, 4) is 0 Å². The van der Waals surface area contributed by atoms with E-state index < -0.39 is 0 Å². The third kappa shape index (κ3) is 1.23. The topological polar surface area (TPSA) is 17.1 Å². The molecule has 3 heteroatoms. The lowest BCUT2D eigenvalue weighted by molar-refractivity contribution is -0.110. The van der Waals surface area contributed by atoms with Gasteiger partial charge >= 0.3 is 0 Å². The van der Waals surface area contributed by atoms with Gasteiger partial charge in [0.2, 0.25) is 0 Å². The summed E-state index contributed by atoms with van der Waals surface area (Å²) in [6.07, 6.45) is 0.571. The Bertz CT molecular complexity index is 322. The fourth-order valence-corrected chi connectivity index (χ4v) is 2.66. The van der Waals surface area contributed by atoms with Crippen LogP contribution in [-0.4, -0.2) is 5.12 Å². The van der Waals surface area contributed by atoms with Gasteiger partial charge in [0.05, 0.1) is 0 Å². The maximum Gasteiger partial charge on any atom is 0.198 e. The molecule has 0 bridgehead atoms. The second kappa shape index (κ2) is 2.64. The van der Waals surface area contributed by atoms with Gasteiger partial charge in [-0.15, -0.1) is 0 Å². The lowest BCUT2D eigenvalue weighted by Crippen LogP contribution is -1.87. The SMILES string of the molecule is O=C1Cc2c(Br)cccc2S1. The van der Waals surface area contributed by atoms with Gasteiger partial charge in [0, 0.05) is 15.8 Å². The van der Waals surface area contributed by atoms with Crippen LogP contribution in [0.2, 0.25) is 0 Å². The van der Waals surface area contributed by atoms with Gasteiger partial charge in [-0.25, -0.2) is 0 Å². The number of hydrogen-bond acceptors (Lipinski definition) is 2. The smallest absolute Gasteiger partial charge is 0.198 e. The highest BCUT2D eigenvalue weighted by molar-refractivity contribution is 9.10. The van der Waals surface area contributed by atoms with E-state index in [9.17, 15) is 4.79 Å². The molecule has 0 spiro atoms. The molecule has 0 aromatic heterocycles. The highest BCUT2D eigenvalue weighted by Crippen LogP contribution is 2.36. The first-order valence-corrected chi connectivity index (χ1v) is 4.86. The molecule has 0 saturated heterocycles. The second-order valence-electron chi connectivity index (χ2n) is 2.37. The summed E-state index contributed by atoms with van der Waals surface area (Å²) in [4.78, 5) is 12.1. The Morgan fingerprint density at radius 1 is 1.45 bits per heavy atom. The van der Waals surface area contributed by atoms with E-state index in [1.165, 1.54) is 11.8 Å². The van der Waals surface area contributed by atoms with E-state index in [2.05, 4.69) is 15.9 Å². The van der Waals surface area contributed by atoms with Crippen LogP contribution in [0, 0.1) is 0 Å². The van der Waals surface area contributed by atoms with E-state index in [1.807, 2.05) is 18.2 Å². The molecule has 0 atom stereocenters. The van der Waals surface area contributed by atoms with Crippen LogP contribution in [-0.2, 0) is 11.2 Å². The number of thioether (sulfide) groups is 1. The van der Waals surface area contributed by atoms with E-state index in [-0.39, 0.29) is 5.12 Å². The van der Waals surface area contributed by atoms with E-state index >= 15 is 0 Å². The molecule has 1 aliphatic heterocycles. The van der Waals surface area contributed by atoms with Crippen LogP contribution in [0.15, 0.2) is 27.6 Å². The molecule has 1 nitrogen and oxygen atoms in total. The Labute approximate surface area is 77.3 Å². The first-order valence-electron chi connectivity index (χ1n) is 3.25. The molecule has 0 N–H and O–H groups in total. The van der Waals surface area contributed by atoms with Gasteiger partial charge in [-0.3, -0.25) is 4.79 Å². The zero-order valence-corrected chi connectivity index (χ0v) is 8.04. The highest BCUT2D eigenvalue weighted by Gasteiger charge is 2.20. The van der Waals surface area contributed by atoms with Gasteiger partial charge in [-0.1, -0.05) is 33.8 Å². The monoisotopic (exact) mass is 228 g/mol. The normalized spacial score (nSPS) is 15.2. The number of hydrogen-bond donors (Lipinski definition) is 0.